The third-order valence-corrected chi connectivity index (χ3v) is 5.37. The SMILES string of the molecule is COc1ccc(-c2nc(CN3CCN(C[C@H](O)COc4ccccc4F)CC3)no2)cc1. The summed E-state index contributed by atoms with van der Waals surface area (Å²) in [5.74, 6) is 1.63. The van der Waals surface area contributed by atoms with Gasteiger partial charge in [0.05, 0.1) is 13.7 Å². The lowest BCUT2D eigenvalue weighted by atomic mass is 10.2. The molecule has 4 rings (SSSR count). The fourth-order valence-electron chi connectivity index (χ4n) is 3.60. The maximum Gasteiger partial charge on any atom is 0.257 e. The van der Waals surface area contributed by atoms with Gasteiger partial charge in [-0.2, -0.15) is 4.98 Å². The van der Waals surface area contributed by atoms with Crippen molar-refractivity contribution >= 4 is 0 Å². The van der Waals surface area contributed by atoms with Crippen molar-refractivity contribution in [2.75, 3.05) is 46.4 Å². The van der Waals surface area contributed by atoms with Crippen LogP contribution >= 0.6 is 0 Å². The fourth-order valence-corrected chi connectivity index (χ4v) is 3.60. The van der Waals surface area contributed by atoms with Gasteiger partial charge in [0.2, 0.25) is 0 Å². The van der Waals surface area contributed by atoms with Crippen LogP contribution in [-0.4, -0.2) is 77.6 Å². The molecule has 3 aromatic rings. The van der Waals surface area contributed by atoms with Gasteiger partial charge in [-0.3, -0.25) is 9.80 Å². The first kappa shape index (κ1) is 22.2. The molecule has 1 aliphatic heterocycles. The molecule has 1 atom stereocenters. The van der Waals surface area contributed by atoms with Gasteiger partial charge in [-0.05, 0) is 36.4 Å². The van der Waals surface area contributed by atoms with E-state index in [0.717, 1.165) is 37.5 Å². The highest BCUT2D eigenvalue weighted by molar-refractivity contribution is 5.54. The van der Waals surface area contributed by atoms with E-state index in [1.54, 1.807) is 25.3 Å². The third kappa shape index (κ3) is 5.82. The first-order chi connectivity index (χ1) is 15.6. The molecule has 0 saturated carbocycles. The predicted octanol–water partition coefficient (Wildman–Crippen LogP) is 2.44. The molecule has 2 heterocycles. The van der Waals surface area contributed by atoms with E-state index in [1.807, 2.05) is 24.3 Å². The average Bonchev–Trinajstić information content (AvgIpc) is 3.28. The Morgan fingerprint density at radius 3 is 2.50 bits per heavy atom. The number of ether oxygens (including phenoxy) is 2. The lowest BCUT2D eigenvalue weighted by Crippen LogP contribution is -2.48. The van der Waals surface area contributed by atoms with E-state index in [9.17, 15) is 9.50 Å². The molecule has 32 heavy (non-hydrogen) atoms. The van der Waals surface area contributed by atoms with Gasteiger partial charge in [0.1, 0.15) is 18.5 Å². The Morgan fingerprint density at radius 2 is 1.78 bits per heavy atom. The van der Waals surface area contributed by atoms with Crippen LogP contribution in [0.1, 0.15) is 5.82 Å². The second-order valence-electron chi connectivity index (χ2n) is 7.72. The summed E-state index contributed by atoms with van der Waals surface area (Å²) in [5, 5.41) is 14.4. The zero-order valence-electron chi connectivity index (χ0n) is 18.0. The molecule has 1 aromatic heterocycles. The van der Waals surface area contributed by atoms with Crippen molar-refractivity contribution in [1.29, 1.82) is 0 Å². The van der Waals surface area contributed by atoms with Crippen molar-refractivity contribution in [3.05, 3.63) is 60.2 Å². The van der Waals surface area contributed by atoms with Crippen molar-refractivity contribution in [2.45, 2.75) is 12.6 Å². The molecule has 2 aromatic carbocycles. The van der Waals surface area contributed by atoms with Crippen LogP contribution in [-0.2, 0) is 6.54 Å². The van der Waals surface area contributed by atoms with Crippen LogP contribution in [0.5, 0.6) is 11.5 Å². The van der Waals surface area contributed by atoms with E-state index in [4.69, 9.17) is 14.0 Å². The molecule has 0 radical (unpaired) electrons. The minimum atomic E-state index is -0.689. The highest BCUT2D eigenvalue weighted by atomic mass is 19.1. The van der Waals surface area contributed by atoms with Crippen LogP contribution in [0, 0.1) is 5.82 Å². The molecule has 1 fully saturated rings. The average molecular weight is 442 g/mol. The van der Waals surface area contributed by atoms with E-state index < -0.39 is 11.9 Å². The zero-order valence-corrected chi connectivity index (χ0v) is 18.0. The van der Waals surface area contributed by atoms with E-state index in [2.05, 4.69) is 19.9 Å². The molecule has 1 saturated heterocycles. The Hall–Kier alpha value is -3.01. The first-order valence-corrected chi connectivity index (χ1v) is 10.6. The summed E-state index contributed by atoms with van der Waals surface area (Å²) in [4.78, 5) is 8.92. The van der Waals surface area contributed by atoms with E-state index >= 15 is 0 Å². The van der Waals surface area contributed by atoms with Crippen molar-refractivity contribution in [3.63, 3.8) is 0 Å². The maximum atomic E-state index is 13.6. The second-order valence-corrected chi connectivity index (χ2v) is 7.72. The number of aromatic nitrogens is 2. The van der Waals surface area contributed by atoms with Crippen LogP contribution in [0.25, 0.3) is 11.5 Å². The number of para-hydroxylation sites is 1. The number of nitrogens with zero attached hydrogens (tertiary/aromatic N) is 4. The maximum absolute atomic E-state index is 13.6. The molecule has 1 aliphatic rings. The van der Waals surface area contributed by atoms with Gasteiger partial charge in [-0.15, -0.1) is 0 Å². The van der Waals surface area contributed by atoms with Crippen LogP contribution in [0.4, 0.5) is 4.39 Å². The highest BCUT2D eigenvalue weighted by Gasteiger charge is 2.21. The molecule has 170 valence electrons. The van der Waals surface area contributed by atoms with Gasteiger partial charge in [-0.25, -0.2) is 4.39 Å². The van der Waals surface area contributed by atoms with E-state index in [-0.39, 0.29) is 12.4 Å². The molecule has 1 N–H and O–H groups in total. The quantitative estimate of drug-likeness (QED) is 0.541. The van der Waals surface area contributed by atoms with Gasteiger partial charge in [-0.1, -0.05) is 17.3 Å². The Bertz CT molecular complexity index is 990. The number of piperazine rings is 1. The Morgan fingerprint density at radius 1 is 1.06 bits per heavy atom. The standard InChI is InChI=1S/C23H27FN4O4/c1-30-19-8-6-17(7-9-19)23-25-22(26-32-23)15-28-12-10-27(11-13-28)14-18(29)16-31-21-5-3-2-4-20(21)24/h2-9,18,29H,10-16H2,1H3/t18-/m0/s1. The predicted molar refractivity (Wildman–Crippen MR) is 116 cm³/mol. The topological polar surface area (TPSA) is 84.1 Å². The van der Waals surface area contributed by atoms with Crippen LogP contribution < -0.4 is 9.47 Å². The van der Waals surface area contributed by atoms with E-state index in [0.29, 0.717) is 24.8 Å². The molecule has 0 bridgehead atoms. The smallest absolute Gasteiger partial charge is 0.257 e. The second kappa shape index (κ2) is 10.5. The summed E-state index contributed by atoms with van der Waals surface area (Å²) in [7, 11) is 1.62. The van der Waals surface area contributed by atoms with Crippen molar-refractivity contribution < 1.29 is 23.5 Å². The number of halogens is 1. The van der Waals surface area contributed by atoms with Crippen molar-refractivity contribution in [1.82, 2.24) is 19.9 Å². The number of hydrogen-bond donors (Lipinski definition) is 1. The van der Waals surface area contributed by atoms with Crippen LogP contribution in [0.15, 0.2) is 53.1 Å². The summed E-state index contributed by atoms with van der Waals surface area (Å²) in [6.07, 6.45) is -0.689. The molecule has 0 unspecified atom stereocenters. The molecule has 8 nitrogen and oxygen atoms in total. The summed E-state index contributed by atoms with van der Waals surface area (Å²) in [6, 6.07) is 13.7. The number of aliphatic hydroxyl groups is 1. The minimum Gasteiger partial charge on any atom is -0.497 e. The minimum absolute atomic E-state index is 0.0537. The fraction of sp³-hybridized carbons (Fsp3) is 0.391. The Kier molecular flexibility index (Phi) is 7.31. The molecule has 9 heteroatoms. The van der Waals surface area contributed by atoms with Gasteiger partial charge < -0.3 is 19.1 Å². The van der Waals surface area contributed by atoms with Gasteiger partial charge in [0.25, 0.3) is 5.89 Å². The molecule has 0 aliphatic carbocycles. The van der Waals surface area contributed by atoms with Gasteiger partial charge in [0.15, 0.2) is 17.4 Å². The Balaban J connectivity index is 1.20. The van der Waals surface area contributed by atoms with Crippen molar-refractivity contribution in [3.8, 4) is 23.0 Å². The van der Waals surface area contributed by atoms with Crippen molar-refractivity contribution in [2.24, 2.45) is 0 Å². The lowest BCUT2D eigenvalue weighted by Gasteiger charge is -2.34. The Labute approximate surface area is 186 Å². The number of aliphatic hydroxyl groups excluding tert-OH is 1. The number of β-amino-alcohol motifs (C(OH)–C–C–N with tert-alkyl or cyclic N) is 1. The van der Waals surface area contributed by atoms with Crippen LogP contribution in [0.2, 0.25) is 0 Å². The highest BCUT2D eigenvalue weighted by Crippen LogP contribution is 2.21. The number of methoxy groups -OCH3 is 1. The third-order valence-electron chi connectivity index (χ3n) is 5.37. The van der Waals surface area contributed by atoms with Gasteiger partial charge in [0, 0.05) is 38.3 Å². The number of rotatable bonds is 9. The summed E-state index contributed by atoms with van der Waals surface area (Å²) in [6.45, 7) is 4.40. The van der Waals surface area contributed by atoms with Gasteiger partial charge >= 0.3 is 0 Å². The number of hydrogen-bond acceptors (Lipinski definition) is 8. The zero-order chi connectivity index (χ0) is 22.3. The van der Waals surface area contributed by atoms with E-state index in [1.165, 1.54) is 6.07 Å². The monoisotopic (exact) mass is 442 g/mol. The largest absolute Gasteiger partial charge is 0.497 e. The molecular weight excluding hydrogens is 415 g/mol. The summed E-state index contributed by atoms with van der Waals surface area (Å²) < 4.78 is 29.6. The number of benzene rings is 2. The summed E-state index contributed by atoms with van der Waals surface area (Å²) in [5.41, 5.74) is 0.848. The molecular formula is C23H27FN4O4. The molecule has 0 spiro atoms. The first-order valence-electron chi connectivity index (χ1n) is 10.6. The normalized spacial score (nSPS) is 16.1. The molecule has 0 amide bonds. The lowest BCUT2D eigenvalue weighted by molar-refractivity contribution is 0.0432. The summed E-state index contributed by atoms with van der Waals surface area (Å²) >= 11 is 0. The van der Waals surface area contributed by atoms with Crippen LogP contribution in [0.3, 0.4) is 0 Å².